The molecule has 1 fully saturated rings. The van der Waals surface area contributed by atoms with Crippen molar-refractivity contribution in [1.82, 2.24) is 9.59 Å². The molecule has 2 unspecified atom stereocenters. The fraction of sp³-hybridized carbons (Fsp3) is 0.778. The molecule has 1 saturated carbocycles. The summed E-state index contributed by atoms with van der Waals surface area (Å²) in [4.78, 5) is 1.00. The first-order valence-corrected chi connectivity index (χ1v) is 5.53. The summed E-state index contributed by atoms with van der Waals surface area (Å²) in [5, 5.41) is 14.2. The summed E-state index contributed by atoms with van der Waals surface area (Å²) in [6, 6.07) is 0. The minimum Gasteiger partial charge on any atom is -0.384 e. The Kier molecular flexibility index (Phi) is 2.12. The number of hydrogen-bond acceptors (Lipinski definition) is 4. The van der Waals surface area contributed by atoms with Gasteiger partial charge in [0.05, 0.1) is 10.6 Å². The predicted molar refractivity (Wildman–Crippen MR) is 51.6 cm³/mol. The van der Waals surface area contributed by atoms with Crippen LogP contribution in [0.3, 0.4) is 0 Å². The van der Waals surface area contributed by atoms with Crippen LogP contribution in [0.1, 0.15) is 37.3 Å². The smallest absolute Gasteiger partial charge is 0.106 e. The molecule has 1 N–H and O–H groups in total. The molecule has 13 heavy (non-hydrogen) atoms. The average molecular weight is 198 g/mol. The molecule has 72 valence electrons. The number of aryl methyl sites for hydroxylation is 1. The lowest BCUT2D eigenvalue weighted by Crippen LogP contribution is -2.08. The van der Waals surface area contributed by atoms with E-state index >= 15 is 0 Å². The zero-order valence-corrected chi connectivity index (χ0v) is 8.77. The van der Waals surface area contributed by atoms with E-state index in [0.717, 1.165) is 29.8 Å². The lowest BCUT2D eigenvalue weighted by molar-refractivity contribution is 0.133. The van der Waals surface area contributed by atoms with Gasteiger partial charge in [0.25, 0.3) is 0 Å². The standard InChI is InChI=1S/C9H14N2OS/c1-3-6-5-9(6,12)8-7(4-2)10-11-13-8/h6,12H,3-5H2,1-2H3. The van der Waals surface area contributed by atoms with Crippen molar-refractivity contribution in [2.45, 2.75) is 38.7 Å². The van der Waals surface area contributed by atoms with E-state index in [2.05, 4.69) is 16.5 Å². The molecule has 0 amide bonds. The third-order valence-corrected chi connectivity index (χ3v) is 3.78. The van der Waals surface area contributed by atoms with Crippen LogP contribution in [0.25, 0.3) is 0 Å². The highest BCUT2D eigenvalue weighted by molar-refractivity contribution is 7.05. The van der Waals surface area contributed by atoms with Crippen molar-refractivity contribution in [3.05, 3.63) is 10.6 Å². The molecule has 1 aliphatic carbocycles. The molecule has 0 aliphatic heterocycles. The Labute approximate surface area is 82.0 Å². The minimum absolute atomic E-state index is 0.431. The van der Waals surface area contributed by atoms with Crippen molar-refractivity contribution in [1.29, 1.82) is 0 Å². The fourth-order valence-electron chi connectivity index (χ4n) is 1.85. The Morgan fingerprint density at radius 3 is 2.92 bits per heavy atom. The molecule has 1 heterocycles. The van der Waals surface area contributed by atoms with Gasteiger partial charge in [-0.3, -0.25) is 0 Å². The number of rotatable bonds is 3. The largest absolute Gasteiger partial charge is 0.384 e. The first kappa shape index (κ1) is 9.09. The maximum absolute atomic E-state index is 10.2. The average Bonchev–Trinajstić information content (AvgIpc) is 2.64. The SMILES string of the molecule is CCc1nnsc1C1(O)CC1CC. The van der Waals surface area contributed by atoms with E-state index < -0.39 is 5.60 Å². The topological polar surface area (TPSA) is 46.0 Å². The summed E-state index contributed by atoms with van der Waals surface area (Å²) in [6.07, 6.45) is 2.79. The van der Waals surface area contributed by atoms with Crippen LogP contribution in [0, 0.1) is 5.92 Å². The maximum atomic E-state index is 10.2. The van der Waals surface area contributed by atoms with E-state index in [9.17, 15) is 5.11 Å². The molecule has 1 aromatic rings. The molecular formula is C9H14N2OS. The van der Waals surface area contributed by atoms with Crippen molar-refractivity contribution in [3.8, 4) is 0 Å². The molecule has 4 heteroatoms. The quantitative estimate of drug-likeness (QED) is 0.804. The lowest BCUT2D eigenvalue weighted by atomic mass is 10.1. The van der Waals surface area contributed by atoms with Gasteiger partial charge in [0.15, 0.2) is 0 Å². The third kappa shape index (κ3) is 1.28. The first-order valence-electron chi connectivity index (χ1n) is 4.76. The summed E-state index contributed by atoms with van der Waals surface area (Å²) in [5.41, 5.74) is 0.400. The highest BCUT2D eigenvalue weighted by Crippen LogP contribution is 2.55. The maximum Gasteiger partial charge on any atom is 0.106 e. The van der Waals surface area contributed by atoms with Gasteiger partial charge in [-0.05, 0) is 30.3 Å². The van der Waals surface area contributed by atoms with Gasteiger partial charge in [-0.25, -0.2) is 0 Å². The monoisotopic (exact) mass is 198 g/mol. The third-order valence-electron chi connectivity index (χ3n) is 2.85. The van der Waals surface area contributed by atoms with Gasteiger partial charge in [0.1, 0.15) is 5.60 Å². The molecule has 0 saturated heterocycles. The molecule has 0 radical (unpaired) electrons. The molecule has 0 spiro atoms. The number of aliphatic hydroxyl groups is 1. The summed E-state index contributed by atoms with van der Waals surface area (Å²) in [6.45, 7) is 4.16. The molecule has 0 aromatic carbocycles. The Hall–Kier alpha value is -0.480. The Bertz CT molecular complexity index is 312. The van der Waals surface area contributed by atoms with Gasteiger partial charge < -0.3 is 5.11 Å². The fourth-order valence-corrected chi connectivity index (χ4v) is 2.77. The lowest BCUT2D eigenvalue weighted by Gasteiger charge is -2.07. The molecule has 0 bridgehead atoms. The van der Waals surface area contributed by atoms with E-state index in [1.807, 2.05) is 6.92 Å². The second kappa shape index (κ2) is 3.03. The molecular weight excluding hydrogens is 184 g/mol. The van der Waals surface area contributed by atoms with Crippen molar-refractivity contribution in [2.24, 2.45) is 5.92 Å². The van der Waals surface area contributed by atoms with Crippen molar-refractivity contribution >= 4 is 11.5 Å². The first-order chi connectivity index (χ1) is 6.22. The summed E-state index contributed by atoms with van der Waals surface area (Å²) >= 11 is 1.35. The highest BCUT2D eigenvalue weighted by atomic mass is 32.1. The second-order valence-corrected chi connectivity index (χ2v) is 4.39. The van der Waals surface area contributed by atoms with Gasteiger partial charge >= 0.3 is 0 Å². The van der Waals surface area contributed by atoms with Gasteiger partial charge in [0.2, 0.25) is 0 Å². The minimum atomic E-state index is -0.575. The summed E-state index contributed by atoms with van der Waals surface area (Å²) in [5.74, 6) is 0.431. The van der Waals surface area contributed by atoms with Gasteiger partial charge in [0, 0.05) is 0 Å². The van der Waals surface area contributed by atoms with Crippen LogP contribution in [0.2, 0.25) is 0 Å². The van der Waals surface area contributed by atoms with E-state index in [4.69, 9.17) is 0 Å². The second-order valence-electron chi connectivity index (χ2n) is 3.64. The Morgan fingerprint density at radius 1 is 1.62 bits per heavy atom. The predicted octanol–water partition coefficient (Wildman–Crippen LogP) is 1.72. The highest BCUT2D eigenvalue weighted by Gasteiger charge is 2.55. The van der Waals surface area contributed by atoms with E-state index in [-0.39, 0.29) is 0 Å². The van der Waals surface area contributed by atoms with Crippen LogP contribution < -0.4 is 0 Å². The van der Waals surface area contributed by atoms with Crippen molar-refractivity contribution < 1.29 is 5.11 Å². The Morgan fingerprint density at radius 2 is 2.38 bits per heavy atom. The summed E-state index contributed by atoms with van der Waals surface area (Å²) in [7, 11) is 0. The molecule has 2 rings (SSSR count). The molecule has 1 aromatic heterocycles. The molecule has 2 atom stereocenters. The zero-order valence-electron chi connectivity index (χ0n) is 7.95. The van der Waals surface area contributed by atoms with Gasteiger partial charge in [-0.1, -0.05) is 24.8 Å². The van der Waals surface area contributed by atoms with E-state index in [1.54, 1.807) is 0 Å². The van der Waals surface area contributed by atoms with E-state index in [1.165, 1.54) is 11.5 Å². The normalized spacial score (nSPS) is 32.1. The number of nitrogens with zero attached hydrogens (tertiary/aromatic N) is 2. The van der Waals surface area contributed by atoms with Crippen LogP contribution in [0.4, 0.5) is 0 Å². The summed E-state index contributed by atoms with van der Waals surface area (Å²) < 4.78 is 3.90. The number of aromatic nitrogens is 2. The van der Waals surface area contributed by atoms with Crippen LogP contribution in [0.15, 0.2) is 0 Å². The molecule has 1 aliphatic rings. The molecule has 3 nitrogen and oxygen atoms in total. The van der Waals surface area contributed by atoms with Crippen LogP contribution >= 0.6 is 11.5 Å². The Balaban J connectivity index is 2.26. The van der Waals surface area contributed by atoms with Crippen LogP contribution in [-0.2, 0) is 12.0 Å². The van der Waals surface area contributed by atoms with Gasteiger partial charge in [-0.2, -0.15) is 0 Å². The van der Waals surface area contributed by atoms with Crippen molar-refractivity contribution in [3.63, 3.8) is 0 Å². The number of hydrogen-bond donors (Lipinski definition) is 1. The van der Waals surface area contributed by atoms with Crippen LogP contribution in [-0.4, -0.2) is 14.7 Å². The van der Waals surface area contributed by atoms with E-state index in [0.29, 0.717) is 5.92 Å². The zero-order chi connectivity index (χ0) is 9.47. The van der Waals surface area contributed by atoms with Gasteiger partial charge in [-0.15, -0.1) is 5.10 Å². The van der Waals surface area contributed by atoms with Crippen LogP contribution in [0.5, 0.6) is 0 Å². The van der Waals surface area contributed by atoms with Crippen molar-refractivity contribution in [2.75, 3.05) is 0 Å².